The maximum absolute atomic E-state index is 6.16. The molecule has 0 radical (unpaired) electrons. The predicted octanol–water partition coefficient (Wildman–Crippen LogP) is 7.43. The Hall–Kier alpha value is -1.06. The Bertz CT molecular complexity index is 1750. The zero-order valence-electron chi connectivity index (χ0n) is 26.7. The summed E-state index contributed by atoms with van der Waals surface area (Å²) in [6.07, 6.45) is 0. The van der Waals surface area contributed by atoms with Gasteiger partial charge in [0.15, 0.2) is 0 Å². The van der Waals surface area contributed by atoms with E-state index in [9.17, 15) is 0 Å². The first kappa shape index (κ1) is 41.1. The van der Waals surface area contributed by atoms with Crippen molar-refractivity contribution in [1.82, 2.24) is 0 Å². The zero-order chi connectivity index (χ0) is 32.1. The summed E-state index contributed by atoms with van der Waals surface area (Å²) in [4.78, 5) is -0.977. The van der Waals surface area contributed by atoms with Crippen LogP contribution in [0.1, 0.15) is 43.1 Å². The normalized spacial score (nSPS) is 10.6. The van der Waals surface area contributed by atoms with E-state index in [1.165, 1.54) is 54.9 Å². The number of fused-ring (bicyclic) bond motifs is 2. The molecule has 0 aliphatic rings. The van der Waals surface area contributed by atoms with Gasteiger partial charge in [0.25, 0.3) is 0 Å². The van der Waals surface area contributed by atoms with Crippen LogP contribution in [0.25, 0.3) is 43.8 Å². The van der Waals surface area contributed by atoms with Crippen LogP contribution in [0.15, 0.2) is 97.1 Å². The van der Waals surface area contributed by atoms with Crippen molar-refractivity contribution in [3.63, 3.8) is 0 Å². The van der Waals surface area contributed by atoms with E-state index in [0.717, 1.165) is 22.3 Å². The van der Waals surface area contributed by atoms with Gasteiger partial charge in [-0.15, -0.1) is 102 Å². The number of rotatable bonds is 4. The van der Waals surface area contributed by atoms with Crippen molar-refractivity contribution in [3.8, 4) is 22.3 Å². The molecular weight excluding hydrogens is 788 g/mol. The van der Waals surface area contributed by atoms with Crippen molar-refractivity contribution in [2.45, 2.75) is 50.5 Å². The molecule has 0 atom stereocenters. The van der Waals surface area contributed by atoms with Gasteiger partial charge in [0.05, 0.1) is 9.67 Å². The molecule has 0 aromatic heterocycles. The minimum Gasteiger partial charge on any atom is -1.00 e. The fourth-order valence-corrected chi connectivity index (χ4v) is 6.88. The van der Waals surface area contributed by atoms with E-state index in [2.05, 4.69) is 126 Å². The van der Waals surface area contributed by atoms with Crippen LogP contribution in [0.2, 0.25) is 13.1 Å². The van der Waals surface area contributed by atoms with E-state index in [4.69, 9.17) is 46.4 Å². The molecule has 0 saturated heterocycles. The summed E-state index contributed by atoms with van der Waals surface area (Å²) in [7, 11) is 0. The van der Waals surface area contributed by atoms with Gasteiger partial charge in [0, 0.05) is 0 Å². The zero-order valence-corrected chi connectivity index (χ0v) is 34.7. The van der Waals surface area contributed by atoms with Crippen molar-refractivity contribution in [2.24, 2.45) is 0 Å². The topological polar surface area (TPSA) is 0 Å². The Kier molecular flexibility index (Phi) is 16.7. The van der Waals surface area contributed by atoms with Gasteiger partial charge in [-0.3, -0.25) is 0 Å². The third-order valence-electron chi connectivity index (χ3n) is 7.62. The smallest absolute Gasteiger partial charge is 0.0997 e. The van der Waals surface area contributed by atoms with E-state index in [1.807, 2.05) is 12.1 Å². The number of alkyl halides is 4. The van der Waals surface area contributed by atoms with Crippen LogP contribution >= 0.6 is 46.4 Å². The Morgan fingerprint density at radius 3 is 1.13 bits per heavy atom. The Labute approximate surface area is 321 Å². The van der Waals surface area contributed by atoms with Crippen molar-refractivity contribution in [1.29, 1.82) is 0 Å². The predicted molar refractivity (Wildman–Crippen MR) is 195 cm³/mol. The van der Waals surface area contributed by atoms with Crippen LogP contribution in [0.5, 0.6) is 0 Å². The Morgan fingerprint density at radius 1 is 0.543 bits per heavy atom. The SMILES string of the molecule is C[Si](C)=[Zr+2].Cc1ccc(-c2ccccc2)c2cc(C)[c-](C(Cl)Cl)c12.Cc1ccc(-c2ccccc2)c2cc(C)[c-](C(Cl)Cl)c12.[Cl-].[Cl-]. The van der Waals surface area contributed by atoms with Gasteiger partial charge in [0.2, 0.25) is 0 Å². The van der Waals surface area contributed by atoms with Gasteiger partial charge in [0.1, 0.15) is 0 Å². The van der Waals surface area contributed by atoms with Crippen molar-refractivity contribution in [2.75, 3.05) is 0 Å². The molecule has 0 heterocycles. The van der Waals surface area contributed by atoms with E-state index in [-0.39, 0.29) is 30.2 Å². The second-order valence-electron chi connectivity index (χ2n) is 11.3. The molecule has 0 aliphatic carbocycles. The molecule has 6 rings (SSSR count). The van der Waals surface area contributed by atoms with Gasteiger partial charge in [-0.25, -0.2) is 0 Å². The average molecular weight is 825 g/mol. The fraction of sp³-hybridized carbons (Fsp3) is 0.211. The van der Waals surface area contributed by atoms with Gasteiger partial charge in [-0.2, -0.15) is 12.1 Å². The molecule has 0 fully saturated rings. The molecule has 0 N–H and O–H groups in total. The Balaban J connectivity index is 0.000000276. The van der Waals surface area contributed by atoms with Crippen LogP contribution < -0.4 is 24.8 Å². The largest absolute Gasteiger partial charge is 1.00 e. The van der Waals surface area contributed by atoms with Gasteiger partial charge < -0.3 is 24.8 Å². The summed E-state index contributed by atoms with van der Waals surface area (Å²) < 4.78 is 0. The number of hydrogen-bond donors (Lipinski definition) is 0. The van der Waals surface area contributed by atoms with Gasteiger partial charge >= 0.3 is 41.9 Å². The van der Waals surface area contributed by atoms with Gasteiger partial charge in [-0.1, -0.05) is 123 Å². The molecule has 0 unspecified atom stereocenters. The first-order valence-electron chi connectivity index (χ1n) is 14.5. The van der Waals surface area contributed by atoms with Crippen LogP contribution in [0.4, 0.5) is 0 Å². The van der Waals surface area contributed by atoms with Crippen molar-refractivity contribution < 1.29 is 48.1 Å². The molecule has 0 spiro atoms. The second-order valence-corrected chi connectivity index (χ2v) is 22.8. The molecule has 6 aromatic carbocycles. The summed E-state index contributed by atoms with van der Waals surface area (Å²) >= 11 is 26.4. The van der Waals surface area contributed by atoms with Crippen LogP contribution in [0, 0.1) is 27.7 Å². The molecule has 46 heavy (non-hydrogen) atoms. The molecule has 8 heteroatoms. The van der Waals surface area contributed by atoms with Crippen molar-refractivity contribution in [3.05, 3.63) is 130 Å². The third-order valence-corrected chi connectivity index (χ3v) is 8.50. The van der Waals surface area contributed by atoms with Crippen LogP contribution in [-0.4, -0.2) is 5.43 Å². The average Bonchev–Trinajstić information content (AvgIpc) is 3.52. The van der Waals surface area contributed by atoms with Crippen molar-refractivity contribution >= 4 is 73.4 Å². The molecule has 240 valence electrons. The molecular formula is C38H36Cl6SiZr-2. The monoisotopic (exact) mass is 820 g/mol. The fourth-order valence-electron chi connectivity index (χ4n) is 5.76. The summed E-state index contributed by atoms with van der Waals surface area (Å²) in [5, 5.41) is 4.85. The molecule has 0 nitrogen and oxygen atoms in total. The Morgan fingerprint density at radius 2 is 0.848 bits per heavy atom. The summed E-state index contributed by atoms with van der Waals surface area (Å²) in [5.74, 6) is 0. The molecule has 6 aromatic rings. The number of benzene rings is 4. The van der Waals surface area contributed by atoms with E-state index >= 15 is 0 Å². The first-order valence-corrected chi connectivity index (χ1v) is 22.4. The number of halogens is 6. The second kappa shape index (κ2) is 18.6. The molecule has 0 amide bonds. The maximum atomic E-state index is 6.16. The maximum Gasteiger partial charge on any atom is 0.0997 e. The number of hydrogen-bond acceptors (Lipinski definition) is 0. The molecule has 0 bridgehead atoms. The van der Waals surface area contributed by atoms with E-state index in [0.29, 0.717) is 0 Å². The molecule has 0 saturated carbocycles. The summed E-state index contributed by atoms with van der Waals surface area (Å²) in [6.45, 7) is 13.0. The quantitative estimate of drug-likeness (QED) is 0.0987. The molecule has 0 aliphatic heterocycles. The van der Waals surface area contributed by atoms with E-state index in [1.54, 1.807) is 23.3 Å². The summed E-state index contributed by atoms with van der Waals surface area (Å²) in [6, 6.07) is 33.8. The third kappa shape index (κ3) is 9.55. The standard InChI is InChI=1S/2C18H15Cl2.C2H6Si.2ClH.Zr/c2*1-11-8-9-14(13-6-4-3-5-7-13)15-10-12(2)17(16(11)15)18(19)20;1-3-2;;;/h2*3-10,18H,1-2H3;1-2H3;2*1H;/q2*-1;;;;+2/p-2. The van der Waals surface area contributed by atoms with Gasteiger partial charge in [-0.05, 0) is 11.1 Å². The minimum absolute atomic E-state index is 0. The minimum atomic E-state index is -0.489. The summed E-state index contributed by atoms with van der Waals surface area (Å²) in [5.41, 5.74) is 11.9. The van der Waals surface area contributed by atoms with E-state index < -0.39 is 9.67 Å². The van der Waals surface area contributed by atoms with Crippen LogP contribution in [0.3, 0.4) is 0 Å². The number of aryl methyl sites for hydroxylation is 4. The van der Waals surface area contributed by atoms with Crippen LogP contribution in [-0.2, 0) is 23.3 Å². The first-order chi connectivity index (χ1) is 20.9.